The Kier molecular flexibility index (Phi) is 14.5. The van der Waals surface area contributed by atoms with Crippen LogP contribution in [-0.4, -0.2) is 24.5 Å². The molecule has 14 aromatic rings. The summed E-state index contributed by atoms with van der Waals surface area (Å²) >= 11 is 0. The average molecular weight is 1220 g/mol. The Morgan fingerprint density at radius 3 is 1.44 bits per heavy atom. The van der Waals surface area contributed by atoms with Crippen molar-refractivity contribution in [3.63, 3.8) is 0 Å². The van der Waals surface area contributed by atoms with Crippen LogP contribution < -0.4 is 0 Å². The number of aromatic nitrogens is 5. The Bertz CT molecular complexity index is 5350. The quantitative estimate of drug-likeness (QED) is 0.129. The molecule has 0 N–H and O–H groups in total. The van der Waals surface area contributed by atoms with Gasteiger partial charge in [0.25, 0.3) is 0 Å². The lowest BCUT2D eigenvalue weighted by Crippen LogP contribution is -2.18. The van der Waals surface area contributed by atoms with E-state index in [9.17, 15) is 0 Å². The lowest BCUT2D eigenvalue weighted by molar-refractivity contribution is 0.581. The molecule has 1 atom stereocenters. The molecule has 0 fully saturated rings. The molecule has 16 rings (SSSR count). The fraction of sp³-hybridized carbons (Fsp3) is 0.133. The van der Waals surface area contributed by atoms with Crippen molar-refractivity contribution in [2.75, 3.05) is 0 Å². The average Bonchev–Trinajstić information content (AvgIpc) is 1.56. The minimum atomic E-state index is -0.317. The summed E-state index contributed by atoms with van der Waals surface area (Å²) in [6.07, 6.45) is 7.85. The standard InChI is InChI=1S/C90H73N5/c1-56-82(61-31-17-11-18-32-61)57(2)84(58(3)83(56)62-33-19-12-20-34-62)68-40-24-36-64(46-68)66-38-26-42-70(48-66)87-92-86(69-41-25-37-65(47-69)63-35-23-39-67(45-63)73-50-71(59-27-13-9-14-28-59)49-72(51-73)60-29-15-10-16-30-60)93-88(94-87)95-80-44-22-21-43-75(80)76-53-77-78(54-81(76)95)90(7,8)79-52-74(89(4,5)6)55-91-85(77)79/h9-48,50-55,71H,49H2,1-8H3. The number of hydrogen-bond acceptors (Lipinski definition) is 4. The minimum Gasteiger partial charge on any atom is -0.278 e. The lowest BCUT2D eigenvalue weighted by Gasteiger charge is -2.24. The van der Waals surface area contributed by atoms with Crippen molar-refractivity contribution in [3.05, 3.63) is 329 Å². The van der Waals surface area contributed by atoms with E-state index in [1.165, 1.54) is 100 Å². The van der Waals surface area contributed by atoms with Crippen LogP contribution in [-0.2, 0) is 10.8 Å². The second-order valence-corrected chi connectivity index (χ2v) is 27.5. The van der Waals surface area contributed by atoms with Crippen LogP contribution in [0.3, 0.4) is 0 Å². The molecule has 0 bridgehead atoms. The van der Waals surface area contributed by atoms with Gasteiger partial charge in [-0.25, -0.2) is 4.98 Å². The van der Waals surface area contributed by atoms with Crippen LogP contribution >= 0.6 is 0 Å². The molecule has 0 radical (unpaired) electrons. The SMILES string of the molecule is Cc1c(-c2ccccc2)c(C)c(-c2cccc(-c3cccc(-c4nc(-c5cccc(-c6cccc(C7=CC(c8ccccc8)CC(c8ccccc8)=C7)c6)c5)nc(-n5c6ccccc6c6cc7c(cc65)C(C)(C)c5cc(C(C)(C)C)cnc5-7)n4)c3)c2)c(C)c1-c1ccccc1. The fourth-order valence-corrected chi connectivity index (χ4v) is 15.3. The third-order valence-electron chi connectivity index (χ3n) is 20.1. The normalized spacial score (nSPS) is 14.2. The van der Waals surface area contributed by atoms with Crippen molar-refractivity contribution in [2.24, 2.45) is 0 Å². The van der Waals surface area contributed by atoms with Gasteiger partial charge in [-0.1, -0.05) is 265 Å². The molecule has 3 heterocycles. The Morgan fingerprint density at radius 1 is 0.411 bits per heavy atom. The number of nitrogens with zero attached hydrogens (tertiary/aromatic N) is 5. The predicted octanol–water partition coefficient (Wildman–Crippen LogP) is 23.2. The molecule has 5 nitrogen and oxygen atoms in total. The number of pyridine rings is 1. The molecule has 0 spiro atoms. The van der Waals surface area contributed by atoms with E-state index in [-0.39, 0.29) is 16.7 Å². The van der Waals surface area contributed by atoms with Crippen LogP contribution in [0.5, 0.6) is 0 Å². The highest BCUT2D eigenvalue weighted by molar-refractivity contribution is 6.11. The number of benzene rings is 11. The maximum absolute atomic E-state index is 5.60. The van der Waals surface area contributed by atoms with Crippen LogP contribution in [0, 0.1) is 20.8 Å². The van der Waals surface area contributed by atoms with Crippen molar-refractivity contribution in [3.8, 4) is 95.6 Å². The van der Waals surface area contributed by atoms with E-state index >= 15 is 0 Å². The van der Waals surface area contributed by atoms with Crippen LogP contribution in [0.1, 0.15) is 97.0 Å². The van der Waals surface area contributed by atoms with E-state index in [1.54, 1.807) is 0 Å². The number of rotatable bonds is 11. The molecular weight excluding hydrogens is 1150 g/mol. The summed E-state index contributed by atoms with van der Waals surface area (Å²) in [5.74, 6) is 1.95. The summed E-state index contributed by atoms with van der Waals surface area (Å²) in [6, 6.07) is 94.8. The molecule has 0 saturated carbocycles. The largest absolute Gasteiger partial charge is 0.278 e. The Morgan fingerprint density at radius 2 is 0.874 bits per heavy atom. The van der Waals surface area contributed by atoms with E-state index < -0.39 is 0 Å². The first-order chi connectivity index (χ1) is 46.2. The summed E-state index contributed by atoms with van der Waals surface area (Å²) in [6.45, 7) is 18.3. The molecule has 11 aromatic carbocycles. The zero-order valence-electron chi connectivity index (χ0n) is 55.1. The smallest absolute Gasteiger partial charge is 0.238 e. The van der Waals surface area contributed by atoms with E-state index in [0.717, 1.165) is 67.3 Å². The van der Waals surface area contributed by atoms with Gasteiger partial charge in [0.15, 0.2) is 11.6 Å². The zero-order valence-corrected chi connectivity index (χ0v) is 55.1. The second kappa shape index (κ2) is 23.5. The van der Waals surface area contributed by atoms with Gasteiger partial charge in [-0.2, -0.15) is 9.97 Å². The first-order valence-corrected chi connectivity index (χ1v) is 33.3. The van der Waals surface area contributed by atoms with Crippen molar-refractivity contribution in [1.82, 2.24) is 24.5 Å². The van der Waals surface area contributed by atoms with Crippen molar-refractivity contribution < 1.29 is 0 Å². The zero-order chi connectivity index (χ0) is 64.7. The third kappa shape index (κ3) is 10.5. The Balaban J connectivity index is 0.849. The van der Waals surface area contributed by atoms with E-state index in [1.807, 2.05) is 0 Å². The van der Waals surface area contributed by atoms with Crippen LogP contribution in [0.15, 0.2) is 279 Å². The Hall–Kier alpha value is -11.1. The topological polar surface area (TPSA) is 56.5 Å². The van der Waals surface area contributed by atoms with Gasteiger partial charge in [-0.05, 0) is 192 Å². The van der Waals surface area contributed by atoms with Gasteiger partial charge in [0.2, 0.25) is 5.95 Å². The number of para-hydroxylation sites is 1. The summed E-state index contributed by atoms with van der Waals surface area (Å²) < 4.78 is 2.27. The molecule has 0 saturated heterocycles. The number of hydrogen-bond donors (Lipinski definition) is 0. The van der Waals surface area contributed by atoms with Crippen molar-refractivity contribution in [1.29, 1.82) is 0 Å². The lowest BCUT2D eigenvalue weighted by atomic mass is 9.80. The van der Waals surface area contributed by atoms with E-state index in [2.05, 4.69) is 339 Å². The van der Waals surface area contributed by atoms with Crippen LogP contribution in [0.4, 0.5) is 0 Å². The number of allylic oxidation sites excluding steroid dienone is 4. The van der Waals surface area contributed by atoms with E-state index in [0.29, 0.717) is 17.6 Å². The molecule has 0 aliphatic heterocycles. The minimum absolute atomic E-state index is 0.0456. The summed E-state index contributed by atoms with van der Waals surface area (Å²) in [5, 5.41) is 2.24. The highest BCUT2D eigenvalue weighted by atomic mass is 15.2. The van der Waals surface area contributed by atoms with Gasteiger partial charge in [0.05, 0.1) is 16.7 Å². The first kappa shape index (κ1) is 58.9. The van der Waals surface area contributed by atoms with Gasteiger partial charge in [0, 0.05) is 45.0 Å². The van der Waals surface area contributed by atoms with Gasteiger partial charge in [-0.3, -0.25) is 9.55 Å². The number of fused-ring (bicyclic) bond motifs is 6. The third-order valence-corrected chi connectivity index (χ3v) is 20.1. The maximum atomic E-state index is 5.60. The van der Waals surface area contributed by atoms with E-state index in [4.69, 9.17) is 19.9 Å². The second-order valence-electron chi connectivity index (χ2n) is 27.5. The van der Waals surface area contributed by atoms with Gasteiger partial charge in [-0.15, -0.1) is 0 Å². The van der Waals surface area contributed by atoms with Crippen molar-refractivity contribution in [2.45, 2.75) is 78.6 Å². The maximum Gasteiger partial charge on any atom is 0.238 e. The first-order valence-electron chi connectivity index (χ1n) is 33.3. The predicted molar refractivity (Wildman–Crippen MR) is 397 cm³/mol. The van der Waals surface area contributed by atoms with Gasteiger partial charge < -0.3 is 0 Å². The highest BCUT2D eigenvalue weighted by Crippen LogP contribution is 2.52. The molecule has 95 heavy (non-hydrogen) atoms. The van der Waals surface area contributed by atoms with Crippen LogP contribution in [0.25, 0.3) is 129 Å². The summed E-state index contributed by atoms with van der Waals surface area (Å²) in [4.78, 5) is 22.0. The van der Waals surface area contributed by atoms with Crippen molar-refractivity contribution >= 4 is 33.0 Å². The fourth-order valence-electron chi connectivity index (χ4n) is 15.3. The summed E-state index contributed by atoms with van der Waals surface area (Å²) in [7, 11) is 0. The monoisotopic (exact) mass is 1220 g/mol. The van der Waals surface area contributed by atoms with Gasteiger partial charge in [0.1, 0.15) is 0 Å². The molecule has 458 valence electrons. The van der Waals surface area contributed by atoms with Crippen LogP contribution in [0.2, 0.25) is 0 Å². The molecule has 1 unspecified atom stereocenters. The molecule has 2 aliphatic rings. The van der Waals surface area contributed by atoms with Gasteiger partial charge >= 0.3 is 0 Å². The Labute approximate surface area is 557 Å². The molecule has 2 aliphatic carbocycles. The molecule has 3 aromatic heterocycles. The highest BCUT2D eigenvalue weighted by Gasteiger charge is 2.39. The molecule has 0 amide bonds. The molecule has 5 heteroatoms. The molecular formula is C90H73N5. The summed E-state index contributed by atoms with van der Waals surface area (Å²) in [5.41, 5.74) is 31.3.